The van der Waals surface area contributed by atoms with E-state index < -0.39 is 0 Å². The maximum atomic E-state index is 12.1. The number of likely N-dealkylation sites (tertiary alicyclic amines) is 1. The molecule has 1 heterocycles. The molecule has 0 bridgehead atoms. The number of hydrogen-bond acceptors (Lipinski definition) is 3. The monoisotopic (exact) mass is 366 g/mol. The Labute approximate surface area is 154 Å². The molecule has 0 radical (unpaired) electrons. The molecule has 6 heteroatoms. The van der Waals surface area contributed by atoms with E-state index in [1.54, 1.807) is 0 Å². The molecule has 0 aromatic heterocycles. The average molecular weight is 367 g/mol. The van der Waals surface area contributed by atoms with E-state index >= 15 is 0 Å². The zero-order valence-electron chi connectivity index (χ0n) is 15.0. The van der Waals surface area contributed by atoms with Crippen LogP contribution in [-0.2, 0) is 9.59 Å². The quantitative estimate of drug-likeness (QED) is 0.755. The first kappa shape index (κ1) is 19.6. The van der Waals surface area contributed by atoms with Gasteiger partial charge >= 0.3 is 0 Å². The summed E-state index contributed by atoms with van der Waals surface area (Å²) in [5.74, 6) is 1.30. The summed E-state index contributed by atoms with van der Waals surface area (Å²) in [6.45, 7) is 5.39. The molecule has 1 aromatic rings. The first-order chi connectivity index (χ1) is 12.0. The van der Waals surface area contributed by atoms with Crippen LogP contribution in [0.15, 0.2) is 18.2 Å². The molecule has 2 rings (SSSR count). The third kappa shape index (κ3) is 5.92. The standard InChI is InChI=1S/C19H27ClN2O3/c1-14-5-3-6-17(15(14)2)25-13-18(23)21-16-8-11-22(12-9-16)19(24)7-4-10-20/h3,5-6,16H,4,7-13H2,1-2H3,(H,21,23). The number of carbonyl (C=O) groups is 2. The Morgan fingerprint density at radius 2 is 2.00 bits per heavy atom. The number of nitrogens with zero attached hydrogens (tertiary/aromatic N) is 1. The van der Waals surface area contributed by atoms with Crippen molar-refractivity contribution >= 4 is 23.4 Å². The highest BCUT2D eigenvalue weighted by Crippen LogP contribution is 2.20. The highest BCUT2D eigenvalue weighted by molar-refractivity contribution is 6.17. The molecule has 0 saturated carbocycles. The Hall–Kier alpha value is -1.75. The Balaban J connectivity index is 1.72. The van der Waals surface area contributed by atoms with Gasteiger partial charge in [0.05, 0.1) is 0 Å². The number of alkyl halides is 1. The zero-order valence-corrected chi connectivity index (χ0v) is 15.8. The number of hydrogen-bond donors (Lipinski definition) is 1. The summed E-state index contributed by atoms with van der Waals surface area (Å²) in [6.07, 6.45) is 2.78. The summed E-state index contributed by atoms with van der Waals surface area (Å²) in [4.78, 5) is 25.9. The van der Waals surface area contributed by atoms with Crippen LogP contribution in [0.1, 0.15) is 36.8 Å². The van der Waals surface area contributed by atoms with Crippen molar-refractivity contribution in [3.05, 3.63) is 29.3 Å². The number of ether oxygens (including phenoxy) is 1. The molecule has 1 fully saturated rings. The minimum atomic E-state index is -0.118. The molecule has 1 N–H and O–H groups in total. The molecular weight excluding hydrogens is 340 g/mol. The summed E-state index contributed by atoms with van der Waals surface area (Å²) in [7, 11) is 0. The maximum absolute atomic E-state index is 12.1. The number of aryl methyl sites for hydroxylation is 1. The molecule has 5 nitrogen and oxygen atoms in total. The third-order valence-electron chi connectivity index (χ3n) is 4.65. The molecule has 1 saturated heterocycles. The molecule has 0 unspecified atom stereocenters. The van der Waals surface area contributed by atoms with Gasteiger partial charge in [0.15, 0.2) is 6.61 Å². The number of rotatable bonds is 7. The predicted octanol–water partition coefficient (Wildman–Crippen LogP) is 2.81. The van der Waals surface area contributed by atoms with E-state index in [1.807, 2.05) is 36.9 Å². The normalized spacial score (nSPS) is 15.1. The first-order valence-corrected chi connectivity index (χ1v) is 9.37. The summed E-state index contributed by atoms with van der Waals surface area (Å²) in [6, 6.07) is 5.92. The van der Waals surface area contributed by atoms with E-state index in [-0.39, 0.29) is 24.5 Å². The van der Waals surface area contributed by atoms with Gasteiger partial charge in [-0.3, -0.25) is 9.59 Å². The van der Waals surface area contributed by atoms with Crippen LogP contribution >= 0.6 is 11.6 Å². The van der Waals surface area contributed by atoms with Gasteiger partial charge in [0, 0.05) is 31.4 Å². The van der Waals surface area contributed by atoms with Crippen LogP contribution in [0.4, 0.5) is 0 Å². The van der Waals surface area contributed by atoms with Gasteiger partial charge in [-0.25, -0.2) is 0 Å². The minimum Gasteiger partial charge on any atom is -0.483 e. The van der Waals surface area contributed by atoms with Gasteiger partial charge in [0.25, 0.3) is 5.91 Å². The second-order valence-electron chi connectivity index (χ2n) is 6.50. The topological polar surface area (TPSA) is 58.6 Å². The van der Waals surface area contributed by atoms with Crippen molar-refractivity contribution in [1.29, 1.82) is 0 Å². The van der Waals surface area contributed by atoms with Crippen LogP contribution < -0.4 is 10.1 Å². The lowest BCUT2D eigenvalue weighted by atomic mass is 10.0. The van der Waals surface area contributed by atoms with Gasteiger partial charge in [-0.1, -0.05) is 12.1 Å². The van der Waals surface area contributed by atoms with Gasteiger partial charge in [-0.15, -0.1) is 11.6 Å². The van der Waals surface area contributed by atoms with E-state index in [0.717, 1.165) is 29.7 Å². The highest BCUT2D eigenvalue weighted by Gasteiger charge is 2.23. The number of piperidine rings is 1. The van der Waals surface area contributed by atoms with Crippen molar-refractivity contribution < 1.29 is 14.3 Å². The molecule has 138 valence electrons. The zero-order chi connectivity index (χ0) is 18.2. The van der Waals surface area contributed by atoms with Gasteiger partial charge in [0.2, 0.25) is 5.91 Å². The maximum Gasteiger partial charge on any atom is 0.258 e. The van der Waals surface area contributed by atoms with Crippen LogP contribution in [0, 0.1) is 13.8 Å². The van der Waals surface area contributed by atoms with E-state index in [9.17, 15) is 9.59 Å². The molecule has 0 aliphatic carbocycles. The molecule has 0 spiro atoms. The second-order valence-corrected chi connectivity index (χ2v) is 6.88. The van der Waals surface area contributed by atoms with Gasteiger partial charge < -0.3 is 15.0 Å². The molecule has 1 aliphatic heterocycles. The molecule has 0 atom stereocenters. The summed E-state index contributed by atoms with van der Waals surface area (Å²) in [5.41, 5.74) is 2.20. The largest absolute Gasteiger partial charge is 0.483 e. The van der Waals surface area contributed by atoms with Crippen LogP contribution in [0.3, 0.4) is 0 Å². The van der Waals surface area contributed by atoms with E-state index in [4.69, 9.17) is 16.3 Å². The van der Waals surface area contributed by atoms with E-state index in [0.29, 0.717) is 31.8 Å². The Kier molecular flexibility index (Phi) is 7.56. The first-order valence-electron chi connectivity index (χ1n) is 8.83. The van der Waals surface area contributed by atoms with E-state index in [1.165, 1.54) is 0 Å². The molecule has 1 aliphatic rings. The van der Waals surface area contributed by atoms with Crippen molar-refractivity contribution in [2.75, 3.05) is 25.6 Å². The van der Waals surface area contributed by atoms with Crippen molar-refractivity contribution in [1.82, 2.24) is 10.2 Å². The Morgan fingerprint density at radius 1 is 1.28 bits per heavy atom. The third-order valence-corrected chi connectivity index (χ3v) is 4.92. The minimum absolute atomic E-state index is 0.0131. The number of amides is 2. The van der Waals surface area contributed by atoms with Crippen molar-refractivity contribution in [3.63, 3.8) is 0 Å². The highest BCUT2D eigenvalue weighted by atomic mass is 35.5. The van der Waals surface area contributed by atoms with Crippen molar-refractivity contribution in [2.45, 2.75) is 45.6 Å². The molecule has 1 aromatic carbocycles. The molecular formula is C19H27ClN2O3. The van der Waals surface area contributed by atoms with Gasteiger partial charge in [-0.05, 0) is 50.3 Å². The van der Waals surface area contributed by atoms with Crippen LogP contribution in [0.25, 0.3) is 0 Å². The van der Waals surface area contributed by atoms with Crippen LogP contribution in [0.5, 0.6) is 5.75 Å². The Morgan fingerprint density at radius 3 is 2.68 bits per heavy atom. The predicted molar refractivity (Wildman–Crippen MR) is 99.1 cm³/mol. The fraction of sp³-hybridized carbons (Fsp3) is 0.579. The second kappa shape index (κ2) is 9.66. The van der Waals surface area contributed by atoms with Crippen LogP contribution in [0.2, 0.25) is 0 Å². The molecule has 25 heavy (non-hydrogen) atoms. The number of halogens is 1. The number of carbonyl (C=O) groups excluding carboxylic acids is 2. The SMILES string of the molecule is Cc1cccc(OCC(=O)NC2CCN(C(=O)CCCCl)CC2)c1C. The average Bonchev–Trinajstić information content (AvgIpc) is 2.61. The van der Waals surface area contributed by atoms with Gasteiger partial charge in [0.1, 0.15) is 5.75 Å². The summed E-state index contributed by atoms with van der Waals surface area (Å²) in [5, 5.41) is 3.00. The van der Waals surface area contributed by atoms with E-state index in [2.05, 4.69) is 5.32 Å². The number of nitrogens with one attached hydrogen (secondary N) is 1. The Bertz CT molecular complexity index is 598. The fourth-order valence-electron chi connectivity index (χ4n) is 2.94. The smallest absolute Gasteiger partial charge is 0.258 e. The van der Waals surface area contributed by atoms with Crippen molar-refractivity contribution in [3.8, 4) is 5.75 Å². The lowest BCUT2D eigenvalue weighted by Crippen LogP contribution is -2.47. The van der Waals surface area contributed by atoms with Crippen LogP contribution in [-0.4, -0.2) is 48.3 Å². The summed E-state index contributed by atoms with van der Waals surface area (Å²) >= 11 is 5.63. The number of benzene rings is 1. The lowest BCUT2D eigenvalue weighted by molar-refractivity contribution is -0.132. The fourth-order valence-corrected chi connectivity index (χ4v) is 3.08. The molecule has 2 amide bonds. The lowest BCUT2D eigenvalue weighted by Gasteiger charge is -2.32. The summed E-state index contributed by atoms with van der Waals surface area (Å²) < 4.78 is 5.64. The van der Waals surface area contributed by atoms with Gasteiger partial charge in [-0.2, -0.15) is 0 Å². The van der Waals surface area contributed by atoms with Crippen molar-refractivity contribution in [2.24, 2.45) is 0 Å².